The Morgan fingerprint density at radius 2 is 1.90 bits per heavy atom. The predicted octanol–water partition coefficient (Wildman–Crippen LogP) is 3.16. The van der Waals surface area contributed by atoms with Crippen LogP contribution in [0.1, 0.15) is 40.2 Å². The average molecular weight is 333 g/mol. The number of rotatable bonds is 6. The normalized spacial score (nSPS) is 14.2. The summed E-state index contributed by atoms with van der Waals surface area (Å²) in [4.78, 5) is 0.198. The molecule has 4 nitrogen and oxygen atoms in total. The lowest BCUT2D eigenvalue weighted by Gasteiger charge is -2.27. The van der Waals surface area contributed by atoms with E-state index >= 15 is 0 Å². The van der Waals surface area contributed by atoms with E-state index in [1.807, 2.05) is 34.6 Å². The van der Waals surface area contributed by atoms with Crippen molar-refractivity contribution in [3.63, 3.8) is 0 Å². The molecule has 1 aromatic rings. The van der Waals surface area contributed by atoms with Crippen molar-refractivity contribution >= 4 is 21.6 Å². The molecule has 0 radical (unpaired) electrons. The van der Waals surface area contributed by atoms with Crippen molar-refractivity contribution < 1.29 is 8.42 Å². The van der Waals surface area contributed by atoms with Gasteiger partial charge in [0.15, 0.2) is 0 Å². The molecular weight excluding hydrogens is 308 g/mol. The second-order valence-electron chi connectivity index (χ2n) is 6.24. The van der Waals surface area contributed by atoms with E-state index in [0.29, 0.717) is 11.6 Å². The van der Waals surface area contributed by atoms with Gasteiger partial charge in [-0.15, -0.1) is 0 Å². The molecule has 1 rings (SSSR count). The van der Waals surface area contributed by atoms with E-state index in [4.69, 9.17) is 11.6 Å². The van der Waals surface area contributed by atoms with Crippen LogP contribution in [0, 0.1) is 5.41 Å². The lowest BCUT2D eigenvalue weighted by molar-refractivity contribution is 0.317. The first-order valence-corrected chi connectivity index (χ1v) is 8.95. The summed E-state index contributed by atoms with van der Waals surface area (Å²) in [5, 5.41) is 3.63. The highest BCUT2D eigenvalue weighted by molar-refractivity contribution is 7.89. The Morgan fingerprint density at radius 1 is 1.29 bits per heavy atom. The summed E-state index contributed by atoms with van der Waals surface area (Å²) in [6.07, 6.45) is 0. The van der Waals surface area contributed by atoms with Crippen LogP contribution in [0.4, 0.5) is 0 Å². The van der Waals surface area contributed by atoms with Crippen molar-refractivity contribution in [2.45, 2.75) is 52.1 Å². The lowest BCUT2D eigenvalue weighted by atomic mass is 9.89. The predicted molar refractivity (Wildman–Crippen MR) is 88.1 cm³/mol. The van der Waals surface area contributed by atoms with E-state index in [9.17, 15) is 8.42 Å². The smallest absolute Gasteiger partial charge is 0.240 e. The summed E-state index contributed by atoms with van der Waals surface area (Å²) in [6, 6.07) is 4.67. The molecule has 1 atom stereocenters. The lowest BCUT2D eigenvalue weighted by Crippen LogP contribution is -2.41. The Labute approximate surface area is 133 Å². The zero-order valence-electron chi connectivity index (χ0n) is 13.3. The fourth-order valence-corrected chi connectivity index (χ4v) is 3.36. The van der Waals surface area contributed by atoms with Crippen molar-refractivity contribution in [2.75, 3.05) is 6.54 Å². The Hall–Kier alpha value is -0.620. The molecule has 1 unspecified atom stereocenters. The van der Waals surface area contributed by atoms with Gasteiger partial charge in [-0.05, 0) is 36.6 Å². The molecule has 0 aliphatic heterocycles. The maximum Gasteiger partial charge on any atom is 0.240 e. The van der Waals surface area contributed by atoms with E-state index in [1.54, 1.807) is 12.1 Å². The van der Waals surface area contributed by atoms with E-state index in [2.05, 4.69) is 10.0 Å². The first-order chi connectivity index (χ1) is 9.58. The Kier molecular flexibility index (Phi) is 6.23. The first kappa shape index (κ1) is 18.4. The average Bonchev–Trinajstić information content (AvgIpc) is 2.35. The molecule has 21 heavy (non-hydrogen) atoms. The zero-order valence-corrected chi connectivity index (χ0v) is 14.9. The maximum absolute atomic E-state index is 12.4. The molecule has 0 saturated carbocycles. The van der Waals surface area contributed by atoms with Crippen molar-refractivity contribution in [2.24, 2.45) is 5.41 Å². The van der Waals surface area contributed by atoms with Crippen molar-refractivity contribution in [1.29, 1.82) is 0 Å². The van der Waals surface area contributed by atoms with Crippen LogP contribution in [0.15, 0.2) is 23.1 Å². The summed E-state index contributed by atoms with van der Waals surface area (Å²) in [5.41, 5.74) is 0.739. The number of hydrogen-bond donors (Lipinski definition) is 2. The molecule has 0 saturated heterocycles. The quantitative estimate of drug-likeness (QED) is 0.841. The fourth-order valence-electron chi connectivity index (χ4n) is 1.58. The van der Waals surface area contributed by atoms with Gasteiger partial charge in [-0.1, -0.05) is 45.4 Å². The summed E-state index contributed by atoms with van der Waals surface area (Å²) in [5.74, 6) is 0. The molecule has 2 N–H and O–H groups in total. The summed E-state index contributed by atoms with van der Waals surface area (Å²) >= 11 is 6.17. The van der Waals surface area contributed by atoms with Crippen LogP contribution in [0.25, 0.3) is 0 Å². The fraction of sp³-hybridized carbons (Fsp3) is 0.600. The van der Waals surface area contributed by atoms with Gasteiger partial charge in [0.1, 0.15) is 0 Å². The van der Waals surface area contributed by atoms with Gasteiger partial charge in [0, 0.05) is 17.6 Å². The number of benzene rings is 1. The number of sulfonamides is 1. The highest BCUT2D eigenvalue weighted by Crippen LogP contribution is 2.24. The molecule has 0 fully saturated rings. The third-order valence-corrected chi connectivity index (χ3v) is 5.42. The van der Waals surface area contributed by atoms with E-state index in [1.165, 1.54) is 6.07 Å². The Morgan fingerprint density at radius 3 is 2.38 bits per heavy atom. The summed E-state index contributed by atoms with van der Waals surface area (Å²) in [6.45, 7) is 11.3. The summed E-state index contributed by atoms with van der Waals surface area (Å²) < 4.78 is 27.5. The van der Waals surface area contributed by atoms with Gasteiger partial charge in [0.2, 0.25) is 10.0 Å². The van der Waals surface area contributed by atoms with Crippen LogP contribution < -0.4 is 10.0 Å². The van der Waals surface area contributed by atoms with Gasteiger partial charge in [0.25, 0.3) is 0 Å². The maximum atomic E-state index is 12.4. The molecule has 0 spiro atoms. The highest BCUT2D eigenvalue weighted by Gasteiger charge is 2.26. The van der Waals surface area contributed by atoms with Crippen LogP contribution in [-0.2, 0) is 16.6 Å². The largest absolute Gasteiger partial charge is 0.313 e. The molecule has 0 aliphatic rings. The Bertz CT molecular complexity index is 580. The summed E-state index contributed by atoms with van der Waals surface area (Å²) in [7, 11) is -3.56. The highest BCUT2D eigenvalue weighted by atomic mass is 35.5. The van der Waals surface area contributed by atoms with Crippen LogP contribution >= 0.6 is 11.6 Å². The monoisotopic (exact) mass is 332 g/mol. The molecule has 0 amide bonds. The minimum atomic E-state index is -3.56. The third-order valence-electron chi connectivity index (χ3n) is 3.53. The topological polar surface area (TPSA) is 58.2 Å². The van der Waals surface area contributed by atoms with Crippen molar-refractivity contribution in [1.82, 2.24) is 10.0 Å². The van der Waals surface area contributed by atoms with Crippen LogP contribution in [0.5, 0.6) is 0 Å². The van der Waals surface area contributed by atoms with E-state index in [0.717, 1.165) is 12.1 Å². The van der Waals surface area contributed by atoms with Crippen LogP contribution in [0.3, 0.4) is 0 Å². The van der Waals surface area contributed by atoms with Gasteiger partial charge >= 0.3 is 0 Å². The minimum Gasteiger partial charge on any atom is -0.313 e. The molecule has 120 valence electrons. The van der Waals surface area contributed by atoms with E-state index in [-0.39, 0.29) is 16.4 Å². The molecule has 0 aromatic heterocycles. The van der Waals surface area contributed by atoms with Gasteiger partial charge in [-0.25, -0.2) is 13.1 Å². The second-order valence-corrected chi connectivity index (χ2v) is 8.36. The van der Waals surface area contributed by atoms with Crippen LogP contribution in [-0.4, -0.2) is 21.0 Å². The molecule has 0 bridgehead atoms. The van der Waals surface area contributed by atoms with Gasteiger partial charge in [0.05, 0.1) is 4.90 Å². The second kappa shape index (κ2) is 7.09. The van der Waals surface area contributed by atoms with Crippen molar-refractivity contribution in [3.8, 4) is 0 Å². The standard InChI is InChI=1S/C15H25ClN2O2S/c1-6-17-10-12-7-8-13(9-14(12)16)21(19,20)18-11(2)15(3,4)5/h7-9,11,17-18H,6,10H2,1-5H3. The van der Waals surface area contributed by atoms with Gasteiger partial charge in [-0.3, -0.25) is 0 Å². The number of hydrogen-bond acceptors (Lipinski definition) is 3. The Balaban J connectivity index is 2.97. The first-order valence-electron chi connectivity index (χ1n) is 7.09. The molecule has 6 heteroatoms. The third kappa shape index (κ3) is 5.25. The minimum absolute atomic E-state index is 0.151. The zero-order chi connectivity index (χ0) is 16.3. The molecular formula is C15H25ClN2O2S. The van der Waals surface area contributed by atoms with Crippen LogP contribution in [0.2, 0.25) is 5.02 Å². The van der Waals surface area contributed by atoms with E-state index < -0.39 is 10.0 Å². The molecule has 0 aliphatic carbocycles. The number of halogens is 1. The van der Waals surface area contributed by atoms with Gasteiger partial charge < -0.3 is 5.32 Å². The molecule has 1 aromatic carbocycles. The SMILES string of the molecule is CCNCc1ccc(S(=O)(=O)NC(C)C(C)(C)C)cc1Cl. The van der Waals surface area contributed by atoms with Crippen molar-refractivity contribution in [3.05, 3.63) is 28.8 Å². The van der Waals surface area contributed by atoms with Gasteiger partial charge in [-0.2, -0.15) is 0 Å². The number of nitrogens with one attached hydrogen (secondary N) is 2. The molecule has 0 heterocycles.